The van der Waals surface area contributed by atoms with Crippen LogP contribution in [0.15, 0.2) is 0 Å². The Morgan fingerprint density at radius 1 is 1.50 bits per heavy atom. The second-order valence-electron chi connectivity index (χ2n) is 0.812. The average Bonchev–Trinajstić information content (AvgIpc) is 0.811. The van der Waals surface area contributed by atoms with E-state index in [9.17, 15) is 0 Å². The summed E-state index contributed by atoms with van der Waals surface area (Å²) in [5.41, 5.74) is 0. The Labute approximate surface area is 31.4 Å². The Hall–Kier alpha value is 0.0200. The fourth-order valence-electron chi connectivity index (χ4n) is 0. The van der Waals surface area contributed by atoms with E-state index in [0.717, 1.165) is 0 Å². The van der Waals surface area contributed by atoms with Crippen molar-refractivity contribution in [3.05, 3.63) is 0 Å². The third-order valence-corrected chi connectivity index (χ3v) is 0. The summed E-state index contributed by atoms with van der Waals surface area (Å²) in [6.45, 7) is 0. The summed E-state index contributed by atoms with van der Waals surface area (Å²) in [4.78, 5) is 0. The first-order valence-electron chi connectivity index (χ1n) is 1.08. The third kappa shape index (κ3) is 5250. The lowest BCUT2D eigenvalue weighted by molar-refractivity contribution is -0.431. The minimum absolute atomic E-state index is 1.58. The number of hydrogen-bond donors (Lipinski definition) is 0. The lowest BCUT2D eigenvalue weighted by Gasteiger charge is -1.59. The van der Waals surface area contributed by atoms with E-state index in [4.69, 9.17) is 0 Å². The smallest absolute Gasteiger partial charge is 0.164 e. The molecule has 0 aromatic carbocycles. The molecule has 0 spiro atoms. The highest BCUT2D eigenvalue weighted by Gasteiger charge is 1.59. The molecule has 0 bridgehead atoms. The Balaban J connectivity index is 2.80. The first-order chi connectivity index (χ1) is 1.73. The predicted octanol–water partition coefficient (Wildman–Crippen LogP) is -0.0110. The van der Waals surface area contributed by atoms with Gasteiger partial charge in [0.25, 0.3) is 12.4 Å². The Kier molecular flexibility index (Phi) is 1.36. The summed E-state index contributed by atoms with van der Waals surface area (Å²) in [6.07, 6.45) is 0. The zero-order valence-electron chi connectivity index (χ0n) is 2.86. The van der Waals surface area contributed by atoms with Gasteiger partial charge < -0.3 is 0 Å². The summed E-state index contributed by atoms with van der Waals surface area (Å²) in [6, 6.07) is 0. The molecular formula is C2H6NS+. The van der Waals surface area contributed by atoms with Crippen LogP contribution in [0.5, 0.6) is 0 Å². The minimum Gasteiger partial charge on any atom is -0.164 e. The molecule has 1 nitrogen and oxygen atoms in total. The van der Waals surface area contributed by atoms with Crippen molar-refractivity contribution in [3.63, 3.8) is 0 Å². The molecule has 0 rings (SSSR count). The molecule has 0 fully saturated rings. The highest BCUT2D eigenvalue weighted by Crippen LogP contribution is 1.34. The largest absolute Gasteiger partial charge is 0.262 e. The van der Waals surface area contributed by atoms with Crippen molar-refractivity contribution in [2.45, 2.75) is 0 Å². The average molecular weight is 76.1 g/mol. The van der Waals surface area contributed by atoms with Crippen LogP contribution in [0.1, 0.15) is 0 Å². The van der Waals surface area contributed by atoms with Crippen molar-refractivity contribution in [1.82, 2.24) is 0 Å². The van der Waals surface area contributed by atoms with Crippen molar-refractivity contribution in [2.24, 2.45) is 0 Å². The standard InChI is InChI=1S/C2H6NS/c1-3(2)4/h1-2H3/q+1. The minimum atomic E-state index is 1.58. The second kappa shape index (κ2) is 1.35. The molecule has 0 aromatic heterocycles. The van der Waals surface area contributed by atoms with Crippen molar-refractivity contribution in [3.8, 4) is 0 Å². The van der Waals surface area contributed by atoms with Crippen LogP contribution in [0.2, 0.25) is 0 Å². The zero-order valence-corrected chi connectivity index (χ0v) is 3.67. The molecule has 4 heavy (non-hydrogen) atoms. The maximum absolute atomic E-state index is 4.45. The van der Waals surface area contributed by atoms with Crippen molar-refractivity contribution < 1.29 is 3.95 Å². The van der Waals surface area contributed by atoms with E-state index in [1.165, 1.54) is 0 Å². The topological polar surface area (TPSA) is 3.01 Å². The molecule has 0 atom stereocenters. The monoisotopic (exact) mass is 76.0 g/mol. The molecule has 0 aromatic rings. The van der Waals surface area contributed by atoms with Gasteiger partial charge in [0.1, 0.15) is 14.1 Å². The van der Waals surface area contributed by atoms with Gasteiger partial charge in [-0.3, -0.25) is 0 Å². The molecule has 0 saturated heterocycles. The molecule has 0 aliphatic rings. The van der Waals surface area contributed by atoms with Crippen molar-refractivity contribution in [1.29, 1.82) is 0 Å². The number of hydrogen-bond acceptors (Lipinski definition) is 1. The van der Waals surface area contributed by atoms with Gasteiger partial charge in [-0.25, -0.2) is 0 Å². The molecule has 2 heteroatoms. The Morgan fingerprint density at radius 2 is 1.50 bits per heavy atom. The highest BCUT2D eigenvalue weighted by molar-refractivity contribution is 7.44. The van der Waals surface area contributed by atoms with Crippen LogP contribution in [-0.2, 0) is 12.4 Å². The van der Waals surface area contributed by atoms with Gasteiger partial charge in [-0.2, -0.15) is 3.95 Å². The lowest BCUT2D eigenvalue weighted by Crippen LogP contribution is -1.84. The molecule has 0 unspecified atom stereocenters. The van der Waals surface area contributed by atoms with E-state index in [1.54, 1.807) is 3.95 Å². The summed E-state index contributed by atoms with van der Waals surface area (Å²) in [5.74, 6) is 0. The Bertz CT molecular complexity index is 29.0. The molecular weight excluding hydrogens is 70.1 g/mol. The van der Waals surface area contributed by atoms with Gasteiger partial charge in [-0.1, -0.05) is 0 Å². The van der Waals surface area contributed by atoms with Gasteiger partial charge in [0.05, 0.1) is 0 Å². The van der Waals surface area contributed by atoms with Crippen LogP contribution < -0.4 is 0 Å². The lowest BCUT2D eigenvalue weighted by atomic mass is 11.3. The summed E-state index contributed by atoms with van der Waals surface area (Å²) in [5, 5.41) is 0. The van der Waals surface area contributed by atoms with Crippen LogP contribution in [0.3, 0.4) is 0 Å². The van der Waals surface area contributed by atoms with Crippen molar-refractivity contribution in [2.75, 3.05) is 14.1 Å². The van der Waals surface area contributed by atoms with Gasteiger partial charge in [-0.15, -0.1) is 0 Å². The van der Waals surface area contributed by atoms with E-state index < -0.39 is 0 Å². The normalized spacial score (nSPS) is 6.50. The second-order valence-corrected chi connectivity index (χ2v) is 1.54. The van der Waals surface area contributed by atoms with Gasteiger partial charge in [-0.05, 0) is 0 Å². The van der Waals surface area contributed by atoms with E-state index in [0.29, 0.717) is 0 Å². The molecule has 0 aliphatic carbocycles. The highest BCUT2D eigenvalue weighted by atomic mass is 32.1. The SMILES string of the molecule is C[N+](C)=S. The third-order valence-electron chi connectivity index (χ3n) is 0. The van der Waals surface area contributed by atoms with Crippen LogP contribution in [0.4, 0.5) is 0 Å². The fourth-order valence-corrected chi connectivity index (χ4v) is 0. The molecule has 0 amide bonds. The molecule has 0 N–H and O–H groups in total. The first kappa shape index (κ1) is 4.02. The summed E-state index contributed by atoms with van der Waals surface area (Å²) < 4.78 is 1.58. The number of nitrogens with zero attached hydrogens (tertiary/aromatic N) is 1. The van der Waals surface area contributed by atoms with Crippen LogP contribution in [-0.4, -0.2) is 18.0 Å². The van der Waals surface area contributed by atoms with E-state index in [1.807, 2.05) is 14.1 Å². The van der Waals surface area contributed by atoms with E-state index >= 15 is 0 Å². The van der Waals surface area contributed by atoms with Crippen LogP contribution in [0, 0.1) is 0 Å². The molecule has 0 heterocycles. The van der Waals surface area contributed by atoms with Crippen LogP contribution in [0.25, 0.3) is 0 Å². The fraction of sp³-hybridized carbons (Fsp3) is 1.00. The maximum atomic E-state index is 4.45. The van der Waals surface area contributed by atoms with Gasteiger partial charge >= 0.3 is 0 Å². The molecule has 24 valence electrons. The maximum Gasteiger partial charge on any atom is 0.262 e. The first-order valence-corrected chi connectivity index (χ1v) is 1.44. The zero-order chi connectivity index (χ0) is 3.58. The quantitative estimate of drug-likeness (QED) is 0.367. The van der Waals surface area contributed by atoms with Crippen LogP contribution >= 0.6 is 0 Å². The number of rotatable bonds is 0. The Morgan fingerprint density at radius 3 is 1.50 bits per heavy atom. The molecule has 0 aliphatic heterocycles. The van der Waals surface area contributed by atoms with Gasteiger partial charge in [0, 0.05) is 0 Å². The van der Waals surface area contributed by atoms with Gasteiger partial charge in [0.15, 0.2) is 0 Å². The molecule has 0 radical (unpaired) electrons. The summed E-state index contributed by atoms with van der Waals surface area (Å²) >= 11 is 4.45. The van der Waals surface area contributed by atoms with Gasteiger partial charge in [0.2, 0.25) is 0 Å². The summed E-state index contributed by atoms with van der Waals surface area (Å²) in [7, 11) is 3.63. The molecule has 0 saturated carbocycles. The van der Waals surface area contributed by atoms with E-state index in [2.05, 4.69) is 12.4 Å². The van der Waals surface area contributed by atoms with E-state index in [-0.39, 0.29) is 0 Å². The predicted molar refractivity (Wildman–Crippen MR) is 19.5 cm³/mol. The van der Waals surface area contributed by atoms with Crippen molar-refractivity contribution >= 4 is 12.4 Å².